The lowest BCUT2D eigenvalue weighted by Gasteiger charge is -2.10. The molecule has 2 aromatic rings. The Bertz CT molecular complexity index is 821. The first-order chi connectivity index (χ1) is 11.9. The van der Waals surface area contributed by atoms with Gasteiger partial charge in [-0.25, -0.2) is 4.39 Å². The first-order valence-electron chi connectivity index (χ1n) is 7.58. The summed E-state index contributed by atoms with van der Waals surface area (Å²) in [7, 11) is 1.49. The van der Waals surface area contributed by atoms with E-state index in [0.29, 0.717) is 11.3 Å². The largest absolute Gasteiger partial charge is 0.322 e. The second-order valence-corrected chi connectivity index (χ2v) is 6.86. The topological polar surface area (TPSA) is 66.5 Å². The molecular weight excluding hydrogens is 343 g/mol. The van der Waals surface area contributed by atoms with Gasteiger partial charge in [0, 0.05) is 29.6 Å². The predicted octanol–water partition coefficient (Wildman–Crippen LogP) is 2.93. The molecule has 0 aromatic heterocycles. The van der Waals surface area contributed by atoms with Gasteiger partial charge >= 0.3 is 0 Å². The maximum Gasteiger partial charge on any atom is 0.255 e. The number of halogens is 1. The maximum absolute atomic E-state index is 12.9. The molecule has 2 aromatic carbocycles. The summed E-state index contributed by atoms with van der Waals surface area (Å²) >= 11 is 1.33. The molecule has 1 atom stereocenters. The highest BCUT2D eigenvalue weighted by Crippen LogP contribution is 2.31. The third-order valence-electron chi connectivity index (χ3n) is 3.84. The Balaban J connectivity index is 1.62. The minimum atomic E-state index is -0.405. The van der Waals surface area contributed by atoms with E-state index in [-0.39, 0.29) is 24.1 Å². The van der Waals surface area contributed by atoms with E-state index in [1.165, 1.54) is 43.1 Å². The lowest BCUT2D eigenvalue weighted by molar-refractivity contribution is -0.136. The zero-order chi connectivity index (χ0) is 18.0. The molecule has 1 heterocycles. The summed E-state index contributed by atoms with van der Waals surface area (Å²) < 4.78 is 12.9. The zero-order valence-electron chi connectivity index (χ0n) is 13.4. The Morgan fingerprint density at radius 1 is 1.12 bits per heavy atom. The van der Waals surface area contributed by atoms with Crippen LogP contribution >= 0.6 is 11.8 Å². The highest BCUT2D eigenvalue weighted by Gasteiger charge is 2.36. The quantitative estimate of drug-likeness (QED) is 0.854. The monoisotopic (exact) mass is 358 g/mol. The third kappa shape index (κ3) is 3.88. The van der Waals surface area contributed by atoms with Crippen molar-refractivity contribution in [2.24, 2.45) is 0 Å². The average Bonchev–Trinajstić information content (AvgIpc) is 2.84. The van der Waals surface area contributed by atoms with Crippen molar-refractivity contribution >= 4 is 35.2 Å². The number of nitrogens with one attached hydrogen (secondary N) is 1. The molecule has 25 heavy (non-hydrogen) atoms. The lowest BCUT2D eigenvalue weighted by atomic mass is 10.2. The van der Waals surface area contributed by atoms with Crippen LogP contribution in [0.3, 0.4) is 0 Å². The first-order valence-corrected chi connectivity index (χ1v) is 8.46. The number of hydrogen-bond acceptors (Lipinski definition) is 4. The van der Waals surface area contributed by atoms with Crippen molar-refractivity contribution < 1.29 is 18.8 Å². The van der Waals surface area contributed by atoms with E-state index in [4.69, 9.17) is 0 Å². The van der Waals surface area contributed by atoms with Gasteiger partial charge in [-0.15, -0.1) is 11.8 Å². The third-order valence-corrected chi connectivity index (χ3v) is 5.03. The van der Waals surface area contributed by atoms with Crippen LogP contribution in [0.4, 0.5) is 10.1 Å². The highest BCUT2D eigenvalue weighted by atomic mass is 32.2. The van der Waals surface area contributed by atoms with Crippen molar-refractivity contribution in [1.29, 1.82) is 0 Å². The number of amides is 3. The molecule has 0 aliphatic carbocycles. The fraction of sp³-hybridized carbons (Fsp3) is 0.167. The van der Waals surface area contributed by atoms with E-state index in [9.17, 15) is 18.8 Å². The SMILES string of the molecule is CN1C(=O)CC(Sc2ccc(NC(=O)c3ccc(F)cc3)cc2)C1=O. The molecule has 0 spiro atoms. The van der Waals surface area contributed by atoms with E-state index in [1.54, 1.807) is 24.3 Å². The van der Waals surface area contributed by atoms with Gasteiger partial charge in [-0.2, -0.15) is 0 Å². The number of rotatable bonds is 4. The molecule has 0 bridgehead atoms. The number of hydrogen-bond donors (Lipinski definition) is 1. The molecule has 3 rings (SSSR count). The Morgan fingerprint density at radius 2 is 1.76 bits per heavy atom. The molecule has 1 unspecified atom stereocenters. The summed E-state index contributed by atoms with van der Waals surface area (Å²) in [6, 6.07) is 12.3. The van der Waals surface area contributed by atoms with Gasteiger partial charge in [0.25, 0.3) is 5.91 Å². The van der Waals surface area contributed by atoms with Gasteiger partial charge in [0.15, 0.2) is 0 Å². The Hall–Kier alpha value is -2.67. The number of benzene rings is 2. The van der Waals surface area contributed by atoms with Crippen LogP contribution < -0.4 is 5.32 Å². The zero-order valence-corrected chi connectivity index (χ0v) is 14.2. The van der Waals surface area contributed by atoms with Crippen molar-refractivity contribution in [1.82, 2.24) is 4.90 Å². The minimum absolute atomic E-state index is 0.175. The fourth-order valence-electron chi connectivity index (χ4n) is 2.40. The van der Waals surface area contributed by atoms with Crippen LogP contribution in [0.1, 0.15) is 16.8 Å². The number of thioether (sulfide) groups is 1. The van der Waals surface area contributed by atoms with Gasteiger partial charge in [-0.05, 0) is 48.5 Å². The molecule has 128 valence electrons. The van der Waals surface area contributed by atoms with Crippen LogP contribution in [-0.4, -0.2) is 34.9 Å². The van der Waals surface area contributed by atoms with Crippen LogP contribution in [0, 0.1) is 5.82 Å². The molecule has 7 heteroatoms. The van der Waals surface area contributed by atoms with E-state index in [1.807, 2.05) is 0 Å². The normalized spacial score (nSPS) is 17.0. The number of likely N-dealkylation sites (tertiary alicyclic amines) is 1. The van der Waals surface area contributed by atoms with Crippen molar-refractivity contribution in [3.8, 4) is 0 Å². The van der Waals surface area contributed by atoms with Gasteiger partial charge < -0.3 is 5.32 Å². The smallest absolute Gasteiger partial charge is 0.255 e. The predicted molar refractivity (Wildman–Crippen MR) is 92.8 cm³/mol. The fourth-order valence-corrected chi connectivity index (χ4v) is 3.51. The van der Waals surface area contributed by atoms with Gasteiger partial charge in [-0.1, -0.05) is 0 Å². The molecule has 1 aliphatic heterocycles. The molecule has 0 saturated carbocycles. The summed E-state index contributed by atoms with van der Waals surface area (Å²) in [4.78, 5) is 37.5. The van der Waals surface area contributed by atoms with Crippen LogP contribution in [0.5, 0.6) is 0 Å². The Kier molecular flexibility index (Phi) is 4.85. The van der Waals surface area contributed by atoms with E-state index >= 15 is 0 Å². The Labute approximate surface area is 148 Å². The number of anilines is 1. The van der Waals surface area contributed by atoms with Crippen molar-refractivity contribution in [2.75, 3.05) is 12.4 Å². The van der Waals surface area contributed by atoms with Gasteiger partial charge in [0.05, 0.1) is 5.25 Å². The van der Waals surface area contributed by atoms with Gasteiger partial charge in [0.1, 0.15) is 5.82 Å². The van der Waals surface area contributed by atoms with Crippen molar-refractivity contribution in [2.45, 2.75) is 16.6 Å². The number of carbonyl (C=O) groups is 3. The van der Waals surface area contributed by atoms with E-state index in [2.05, 4.69) is 5.32 Å². The summed E-state index contributed by atoms with van der Waals surface area (Å²) in [6.07, 6.45) is 0.197. The van der Waals surface area contributed by atoms with Crippen LogP contribution in [-0.2, 0) is 9.59 Å². The summed E-state index contributed by atoms with van der Waals surface area (Å²) in [5.41, 5.74) is 0.947. The van der Waals surface area contributed by atoms with Crippen molar-refractivity contribution in [3.63, 3.8) is 0 Å². The summed E-state index contributed by atoms with van der Waals surface area (Å²) in [6.45, 7) is 0. The van der Waals surface area contributed by atoms with Gasteiger partial charge in [0.2, 0.25) is 11.8 Å². The number of carbonyl (C=O) groups excluding carboxylic acids is 3. The van der Waals surface area contributed by atoms with Gasteiger partial charge in [-0.3, -0.25) is 19.3 Å². The van der Waals surface area contributed by atoms with Crippen LogP contribution in [0.15, 0.2) is 53.4 Å². The first kappa shape index (κ1) is 17.2. The molecule has 5 nitrogen and oxygen atoms in total. The standard InChI is InChI=1S/C18H15FN2O3S/c1-21-16(22)10-15(18(21)24)25-14-8-6-13(7-9-14)20-17(23)11-2-4-12(19)5-3-11/h2-9,15H,10H2,1H3,(H,20,23). The number of imide groups is 1. The molecule has 1 fully saturated rings. The van der Waals surface area contributed by atoms with Crippen LogP contribution in [0.25, 0.3) is 0 Å². The van der Waals surface area contributed by atoms with Crippen LogP contribution in [0.2, 0.25) is 0 Å². The average molecular weight is 358 g/mol. The maximum atomic E-state index is 12.9. The summed E-state index contributed by atoms with van der Waals surface area (Å²) in [5.74, 6) is -1.10. The highest BCUT2D eigenvalue weighted by molar-refractivity contribution is 8.00. The second kappa shape index (κ2) is 7.06. The van der Waals surface area contributed by atoms with Crippen molar-refractivity contribution in [3.05, 3.63) is 59.9 Å². The second-order valence-electron chi connectivity index (χ2n) is 5.59. The number of nitrogens with zero attached hydrogens (tertiary/aromatic N) is 1. The molecule has 1 aliphatic rings. The Morgan fingerprint density at radius 3 is 2.32 bits per heavy atom. The molecular formula is C18H15FN2O3S. The van der Waals surface area contributed by atoms with E-state index < -0.39 is 11.1 Å². The molecule has 0 radical (unpaired) electrons. The minimum Gasteiger partial charge on any atom is -0.322 e. The van der Waals surface area contributed by atoms with E-state index in [0.717, 1.165) is 9.80 Å². The summed E-state index contributed by atoms with van der Waals surface area (Å²) in [5, 5.41) is 2.32. The molecule has 1 saturated heterocycles. The molecule has 3 amide bonds. The molecule has 1 N–H and O–H groups in total. The lowest BCUT2D eigenvalue weighted by Crippen LogP contribution is -2.26.